The van der Waals surface area contributed by atoms with Crippen LogP contribution in [0.1, 0.15) is 11.1 Å². The molecule has 25 heavy (non-hydrogen) atoms. The molecular formula is C20H17F2NO2. The minimum atomic E-state index is -0.998. The fourth-order valence-electron chi connectivity index (χ4n) is 2.36. The topological polar surface area (TPSA) is 41.5 Å². The average Bonchev–Trinajstić information content (AvgIpc) is 2.64. The van der Waals surface area contributed by atoms with Crippen molar-refractivity contribution in [3.05, 3.63) is 89.5 Å². The highest BCUT2D eigenvalue weighted by Gasteiger charge is 2.09. The van der Waals surface area contributed by atoms with Gasteiger partial charge in [0.1, 0.15) is 12.4 Å². The van der Waals surface area contributed by atoms with Crippen molar-refractivity contribution in [1.82, 2.24) is 0 Å². The highest BCUT2D eigenvalue weighted by molar-refractivity contribution is 5.48. The fraction of sp³-hybridized carbons (Fsp3) is 0.100. The summed E-state index contributed by atoms with van der Waals surface area (Å²) in [5, 5.41) is 12.0. The van der Waals surface area contributed by atoms with Crippen molar-refractivity contribution in [2.45, 2.75) is 13.2 Å². The molecule has 3 aromatic carbocycles. The second-order valence-electron chi connectivity index (χ2n) is 5.56. The van der Waals surface area contributed by atoms with Crippen molar-refractivity contribution < 1.29 is 18.6 Å². The molecule has 0 amide bonds. The molecular weight excluding hydrogens is 324 g/mol. The molecule has 128 valence electrons. The molecule has 0 atom stereocenters. The standard InChI is InChI=1S/C20H17F2NO2/c21-18-10-16(11-19(22)20(18)24)23-12-15-7-4-8-17(9-15)25-13-14-5-2-1-3-6-14/h1-11,23-24H,12-13H2. The Bertz CT molecular complexity index is 830. The van der Waals surface area contributed by atoms with Crippen LogP contribution in [0.3, 0.4) is 0 Å². The van der Waals surface area contributed by atoms with E-state index in [-0.39, 0.29) is 5.69 Å². The number of phenolic OH excluding ortho intramolecular Hbond substituents is 1. The van der Waals surface area contributed by atoms with E-state index < -0.39 is 17.4 Å². The van der Waals surface area contributed by atoms with Gasteiger partial charge in [0.25, 0.3) is 0 Å². The summed E-state index contributed by atoms with van der Waals surface area (Å²) in [4.78, 5) is 0. The number of hydrogen-bond acceptors (Lipinski definition) is 3. The molecule has 5 heteroatoms. The summed E-state index contributed by atoms with van der Waals surface area (Å²) in [6.07, 6.45) is 0. The lowest BCUT2D eigenvalue weighted by molar-refractivity contribution is 0.306. The van der Waals surface area contributed by atoms with Crippen molar-refractivity contribution in [2.75, 3.05) is 5.32 Å². The number of rotatable bonds is 6. The van der Waals surface area contributed by atoms with E-state index in [9.17, 15) is 8.78 Å². The number of nitrogens with one attached hydrogen (secondary N) is 1. The van der Waals surface area contributed by atoms with Gasteiger partial charge in [-0.2, -0.15) is 0 Å². The number of phenols is 1. The molecule has 0 fully saturated rings. The van der Waals surface area contributed by atoms with E-state index in [1.807, 2.05) is 54.6 Å². The van der Waals surface area contributed by atoms with E-state index in [0.29, 0.717) is 18.9 Å². The fourth-order valence-corrected chi connectivity index (χ4v) is 2.36. The van der Waals surface area contributed by atoms with Gasteiger partial charge in [0.2, 0.25) is 0 Å². The highest BCUT2D eigenvalue weighted by atomic mass is 19.1. The molecule has 0 radical (unpaired) electrons. The highest BCUT2D eigenvalue weighted by Crippen LogP contribution is 2.24. The summed E-state index contributed by atoms with van der Waals surface area (Å²) in [7, 11) is 0. The van der Waals surface area contributed by atoms with Crippen LogP contribution in [0.25, 0.3) is 0 Å². The Balaban J connectivity index is 1.62. The van der Waals surface area contributed by atoms with Gasteiger partial charge >= 0.3 is 0 Å². The molecule has 0 aliphatic carbocycles. The van der Waals surface area contributed by atoms with E-state index in [4.69, 9.17) is 9.84 Å². The first-order valence-corrected chi connectivity index (χ1v) is 7.79. The van der Waals surface area contributed by atoms with Gasteiger partial charge in [-0.25, -0.2) is 8.78 Å². The first-order valence-electron chi connectivity index (χ1n) is 7.79. The molecule has 0 bridgehead atoms. The Morgan fingerprint density at radius 1 is 0.840 bits per heavy atom. The number of aromatic hydroxyl groups is 1. The maximum atomic E-state index is 13.3. The minimum absolute atomic E-state index is 0.253. The number of halogens is 2. The zero-order valence-electron chi connectivity index (χ0n) is 13.4. The van der Waals surface area contributed by atoms with Crippen molar-refractivity contribution >= 4 is 5.69 Å². The maximum Gasteiger partial charge on any atom is 0.187 e. The van der Waals surface area contributed by atoms with Crippen molar-refractivity contribution in [3.8, 4) is 11.5 Å². The molecule has 0 unspecified atom stereocenters. The van der Waals surface area contributed by atoms with Gasteiger partial charge in [-0.15, -0.1) is 0 Å². The molecule has 3 rings (SSSR count). The van der Waals surface area contributed by atoms with Gasteiger partial charge in [-0.1, -0.05) is 42.5 Å². The van der Waals surface area contributed by atoms with Crippen LogP contribution in [-0.2, 0) is 13.2 Å². The molecule has 3 nitrogen and oxygen atoms in total. The zero-order valence-corrected chi connectivity index (χ0v) is 13.4. The Hall–Kier alpha value is -3.08. The third-order valence-corrected chi connectivity index (χ3v) is 3.66. The normalized spacial score (nSPS) is 10.5. The first-order chi connectivity index (χ1) is 12.1. The third-order valence-electron chi connectivity index (χ3n) is 3.66. The summed E-state index contributed by atoms with van der Waals surface area (Å²) >= 11 is 0. The summed E-state index contributed by atoms with van der Waals surface area (Å²) in [6.45, 7) is 0.832. The van der Waals surface area contributed by atoms with E-state index in [1.165, 1.54) is 0 Å². The Morgan fingerprint density at radius 3 is 2.24 bits per heavy atom. The second-order valence-corrected chi connectivity index (χ2v) is 5.56. The molecule has 2 N–H and O–H groups in total. The molecule has 3 aromatic rings. The smallest absolute Gasteiger partial charge is 0.187 e. The second kappa shape index (κ2) is 7.66. The third kappa shape index (κ3) is 4.47. The molecule has 0 aliphatic heterocycles. The van der Waals surface area contributed by atoms with Crippen LogP contribution >= 0.6 is 0 Å². The predicted octanol–water partition coefficient (Wildman–Crippen LogP) is 4.86. The lowest BCUT2D eigenvalue weighted by Crippen LogP contribution is -2.01. The SMILES string of the molecule is Oc1c(F)cc(NCc2cccc(OCc3ccccc3)c2)cc1F. The van der Waals surface area contributed by atoms with Crippen LogP contribution in [0.2, 0.25) is 0 Å². The average molecular weight is 341 g/mol. The van der Waals surface area contributed by atoms with Crippen LogP contribution in [0, 0.1) is 11.6 Å². The molecule has 0 saturated carbocycles. The molecule has 0 aromatic heterocycles. The van der Waals surface area contributed by atoms with Crippen LogP contribution < -0.4 is 10.1 Å². The van der Waals surface area contributed by atoms with Gasteiger partial charge < -0.3 is 15.2 Å². The van der Waals surface area contributed by atoms with Crippen molar-refractivity contribution in [3.63, 3.8) is 0 Å². The quantitative estimate of drug-likeness (QED) is 0.629. The zero-order chi connectivity index (χ0) is 17.6. The van der Waals surface area contributed by atoms with E-state index in [1.54, 1.807) is 0 Å². The van der Waals surface area contributed by atoms with Crippen LogP contribution in [-0.4, -0.2) is 5.11 Å². The Labute approximate surface area is 144 Å². The molecule has 0 heterocycles. The van der Waals surface area contributed by atoms with Crippen LogP contribution in [0.4, 0.5) is 14.5 Å². The lowest BCUT2D eigenvalue weighted by atomic mass is 10.2. The maximum absolute atomic E-state index is 13.3. The van der Waals surface area contributed by atoms with Crippen LogP contribution in [0.15, 0.2) is 66.7 Å². The largest absolute Gasteiger partial charge is 0.503 e. The lowest BCUT2D eigenvalue weighted by Gasteiger charge is -2.10. The van der Waals surface area contributed by atoms with Crippen LogP contribution in [0.5, 0.6) is 11.5 Å². The van der Waals surface area contributed by atoms with E-state index >= 15 is 0 Å². The van der Waals surface area contributed by atoms with Gasteiger partial charge in [0.15, 0.2) is 17.4 Å². The monoisotopic (exact) mass is 341 g/mol. The predicted molar refractivity (Wildman–Crippen MR) is 92.6 cm³/mol. The number of ether oxygens (including phenoxy) is 1. The number of benzene rings is 3. The molecule has 0 spiro atoms. The summed E-state index contributed by atoms with van der Waals surface area (Å²) in [5.41, 5.74) is 2.23. The van der Waals surface area contributed by atoms with Gasteiger partial charge in [-0.3, -0.25) is 0 Å². The molecule has 0 aliphatic rings. The van der Waals surface area contributed by atoms with Gasteiger partial charge in [0, 0.05) is 24.4 Å². The minimum Gasteiger partial charge on any atom is -0.503 e. The van der Waals surface area contributed by atoms with Gasteiger partial charge in [0.05, 0.1) is 0 Å². The van der Waals surface area contributed by atoms with Gasteiger partial charge in [-0.05, 0) is 23.3 Å². The summed E-state index contributed by atoms with van der Waals surface area (Å²) in [5.74, 6) is -2.25. The van der Waals surface area contributed by atoms with E-state index in [2.05, 4.69) is 5.32 Å². The Morgan fingerprint density at radius 2 is 1.52 bits per heavy atom. The van der Waals surface area contributed by atoms with E-state index in [0.717, 1.165) is 23.3 Å². The Kier molecular flexibility index (Phi) is 5.14. The number of hydrogen-bond donors (Lipinski definition) is 2. The number of anilines is 1. The summed E-state index contributed by atoms with van der Waals surface area (Å²) < 4.78 is 32.4. The summed E-state index contributed by atoms with van der Waals surface area (Å²) in [6, 6.07) is 19.4. The van der Waals surface area contributed by atoms with Crippen molar-refractivity contribution in [2.24, 2.45) is 0 Å². The molecule has 0 saturated heterocycles. The van der Waals surface area contributed by atoms with Crippen molar-refractivity contribution in [1.29, 1.82) is 0 Å². The first kappa shape index (κ1) is 16.8.